The maximum Gasteiger partial charge on any atom is 0.262 e. The quantitative estimate of drug-likeness (QED) is 0.705. The van der Waals surface area contributed by atoms with E-state index in [2.05, 4.69) is 27.9 Å². The second-order valence-electron chi connectivity index (χ2n) is 5.37. The van der Waals surface area contributed by atoms with Crippen molar-refractivity contribution in [1.29, 1.82) is 0 Å². The summed E-state index contributed by atoms with van der Waals surface area (Å²) in [4.78, 5) is 24.9. The zero-order valence-corrected chi connectivity index (χ0v) is 15.7. The molecule has 6 heteroatoms. The molecule has 0 unspecified atom stereocenters. The summed E-state index contributed by atoms with van der Waals surface area (Å²) in [7, 11) is 1.74. The Labute approximate surface area is 155 Å². The third-order valence-electron chi connectivity index (χ3n) is 3.35. The molecule has 0 heterocycles. The van der Waals surface area contributed by atoms with Crippen LogP contribution in [-0.2, 0) is 16.1 Å². The monoisotopic (exact) mass is 438 g/mol. The van der Waals surface area contributed by atoms with E-state index in [1.54, 1.807) is 18.0 Å². The summed E-state index contributed by atoms with van der Waals surface area (Å²) in [6.45, 7) is 1.96. The van der Waals surface area contributed by atoms with Gasteiger partial charge in [0.2, 0.25) is 5.91 Å². The molecule has 0 atom stereocenters. The van der Waals surface area contributed by atoms with Crippen molar-refractivity contribution in [2.24, 2.45) is 0 Å². The van der Waals surface area contributed by atoms with Crippen LogP contribution >= 0.6 is 22.6 Å². The number of amides is 2. The highest BCUT2D eigenvalue weighted by atomic mass is 127. The molecule has 0 fully saturated rings. The Balaban J connectivity index is 1.89. The molecule has 0 spiro atoms. The molecule has 2 aromatic rings. The molecule has 0 saturated heterocycles. The molecule has 0 aliphatic carbocycles. The van der Waals surface area contributed by atoms with Gasteiger partial charge in [0.15, 0.2) is 6.61 Å². The van der Waals surface area contributed by atoms with Gasteiger partial charge in [-0.3, -0.25) is 9.59 Å². The lowest BCUT2D eigenvalue weighted by Gasteiger charge is -2.15. The van der Waals surface area contributed by atoms with E-state index in [1.165, 1.54) is 6.92 Å². The van der Waals surface area contributed by atoms with Crippen LogP contribution in [0.4, 0.5) is 5.69 Å². The molecule has 2 rings (SSSR count). The number of benzene rings is 2. The first-order valence-corrected chi connectivity index (χ1v) is 8.51. The van der Waals surface area contributed by atoms with Crippen molar-refractivity contribution in [1.82, 2.24) is 4.90 Å². The van der Waals surface area contributed by atoms with E-state index < -0.39 is 0 Å². The maximum absolute atomic E-state index is 12.0. The van der Waals surface area contributed by atoms with E-state index >= 15 is 0 Å². The van der Waals surface area contributed by atoms with Crippen LogP contribution in [0.25, 0.3) is 0 Å². The van der Waals surface area contributed by atoms with Crippen LogP contribution in [0.15, 0.2) is 48.5 Å². The van der Waals surface area contributed by atoms with Crippen LogP contribution in [-0.4, -0.2) is 30.4 Å². The number of hydrogen-bond acceptors (Lipinski definition) is 3. The second kappa shape index (κ2) is 8.68. The van der Waals surface area contributed by atoms with E-state index in [9.17, 15) is 9.59 Å². The molecule has 2 aromatic carbocycles. The number of halogens is 1. The van der Waals surface area contributed by atoms with E-state index in [-0.39, 0.29) is 18.4 Å². The molecule has 0 aromatic heterocycles. The SMILES string of the molecule is CC(=O)N(C)Cc1cccc(NC(=O)COc2ccc(I)cc2)c1. The van der Waals surface area contributed by atoms with Gasteiger partial charge in [-0.25, -0.2) is 0 Å². The number of carbonyl (C=O) groups is 2. The second-order valence-corrected chi connectivity index (χ2v) is 6.61. The highest BCUT2D eigenvalue weighted by Gasteiger charge is 2.07. The highest BCUT2D eigenvalue weighted by molar-refractivity contribution is 14.1. The zero-order chi connectivity index (χ0) is 17.5. The summed E-state index contributed by atoms with van der Waals surface area (Å²) in [5.74, 6) is 0.420. The molecule has 5 nitrogen and oxygen atoms in total. The van der Waals surface area contributed by atoms with Gasteiger partial charge in [0.05, 0.1) is 0 Å². The summed E-state index contributed by atoms with van der Waals surface area (Å²) < 4.78 is 6.56. The van der Waals surface area contributed by atoms with Crippen molar-refractivity contribution >= 4 is 40.1 Å². The van der Waals surface area contributed by atoms with Crippen molar-refractivity contribution in [2.75, 3.05) is 19.0 Å². The minimum Gasteiger partial charge on any atom is -0.484 e. The van der Waals surface area contributed by atoms with Gasteiger partial charge < -0.3 is 15.0 Å². The first-order valence-electron chi connectivity index (χ1n) is 7.43. The number of carbonyl (C=O) groups excluding carboxylic acids is 2. The van der Waals surface area contributed by atoms with Crippen LogP contribution in [0.2, 0.25) is 0 Å². The Kier molecular flexibility index (Phi) is 6.60. The first kappa shape index (κ1) is 18.3. The summed E-state index contributed by atoms with van der Waals surface area (Å²) in [5.41, 5.74) is 1.63. The first-order chi connectivity index (χ1) is 11.4. The Morgan fingerprint density at radius 1 is 1.17 bits per heavy atom. The molecule has 0 aliphatic heterocycles. The van der Waals surface area contributed by atoms with Crippen LogP contribution in [0.1, 0.15) is 12.5 Å². The van der Waals surface area contributed by atoms with Gasteiger partial charge in [0.25, 0.3) is 5.91 Å². The fourth-order valence-electron chi connectivity index (χ4n) is 2.01. The Bertz CT molecular complexity index is 716. The van der Waals surface area contributed by atoms with Gasteiger partial charge in [-0.15, -0.1) is 0 Å². The lowest BCUT2D eigenvalue weighted by Crippen LogP contribution is -2.23. The van der Waals surface area contributed by atoms with Crippen molar-refractivity contribution in [3.05, 3.63) is 57.7 Å². The van der Waals surface area contributed by atoms with E-state index in [4.69, 9.17) is 4.74 Å². The van der Waals surface area contributed by atoms with Gasteiger partial charge in [0.1, 0.15) is 5.75 Å². The fourth-order valence-corrected chi connectivity index (χ4v) is 2.37. The van der Waals surface area contributed by atoms with Gasteiger partial charge in [-0.05, 0) is 64.6 Å². The molecule has 0 saturated carbocycles. The lowest BCUT2D eigenvalue weighted by molar-refractivity contribution is -0.128. The minimum absolute atomic E-state index is 0.00430. The number of nitrogens with zero attached hydrogens (tertiary/aromatic N) is 1. The standard InChI is InChI=1S/C18H19IN2O3/c1-13(22)21(2)11-14-4-3-5-16(10-14)20-18(23)12-24-17-8-6-15(19)7-9-17/h3-10H,11-12H2,1-2H3,(H,20,23). The summed E-state index contributed by atoms with van der Waals surface area (Å²) in [6, 6.07) is 14.9. The summed E-state index contributed by atoms with van der Waals surface area (Å²) >= 11 is 2.21. The molecular formula is C18H19IN2O3. The van der Waals surface area contributed by atoms with E-state index in [0.29, 0.717) is 18.0 Å². The smallest absolute Gasteiger partial charge is 0.262 e. The van der Waals surface area contributed by atoms with Crippen LogP contribution < -0.4 is 10.1 Å². The summed E-state index contributed by atoms with van der Waals surface area (Å²) in [5, 5.41) is 2.80. The molecule has 0 bridgehead atoms. The van der Waals surface area contributed by atoms with E-state index in [0.717, 1.165) is 9.13 Å². The zero-order valence-electron chi connectivity index (χ0n) is 13.6. The molecule has 2 amide bonds. The van der Waals surface area contributed by atoms with Gasteiger partial charge in [-0.1, -0.05) is 12.1 Å². The average Bonchev–Trinajstić information content (AvgIpc) is 2.54. The largest absolute Gasteiger partial charge is 0.484 e. The predicted molar refractivity (Wildman–Crippen MR) is 102 cm³/mol. The Morgan fingerprint density at radius 3 is 2.54 bits per heavy atom. The number of ether oxygens (including phenoxy) is 1. The van der Waals surface area contributed by atoms with Crippen molar-refractivity contribution in [2.45, 2.75) is 13.5 Å². The highest BCUT2D eigenvalue weighted by Crippen LogP contribution is 2.15. The molecule has 24 heavy (non-hydrogen) atoms. The van der Waals surface area contributed by atoms with Crippen LogP contribution in [0.3, 0.4) is 0 Å². The van der Waals surface area contributed by atoms with Crippen molar-refractivity contribution < 1.29 is 14.3 Å². The normalized spacial score (nSPS) is 10.1. The van der Waals surface area contributed by atoms with Crippen LogP contribution in [0, 0.1) is 3.57 Å². The lowest BCUT2D eigenvalue weighted by atomic mass is 10.2. The van der Waals surface area contributed by atoms with Crippen LogP contribution in [0.5, 0.6) is 5.75 Å². The summed E-state index contributed by atoms with van der Waals surface area (Å²) in [6.07, 6.45) is 0. The third kappa shape index (κ3) is 5.84. The Morgan fingerprint density at radius 2 is 1.88 bits per heavy atom. The van der Waals surface area contributed by atoms with Gasteiger partial charge in [-0.2, -0.15) is 0 Å². The number of anilines is 1. The van der Waals surface area contributed by atoms with Crippen molar-refractivity contribution in [3.63, 3.8) is 0 Å². The number of nitrogens with one attached hydrogen (secondary N) is 1. The van der Waals surface area contributed by atoms with Crippen molar-refractivity contribution in [3.8, 4) is 5.75 Å². The molecule has 0 aliphatic rings. The molecular weight excluding hydrogens is 419 g/mol. The van der Waals surface area contributed by atoms with Gasteiger partial charge in [0, 0.05) is 29.8 Å². The minimum atomic E-state index is -0.231. The predicted octanol–water partition coefficient (Wildman–Crippen LogP) is 3.29. The molecule has 1 N–H and O–H groups in total. The average molecular weight is 438 g/mol. The number of rotatable bonds is 6. The molecule has 0 radical (unpaired) electrons. The molecule has 126 valence electrons. The fraction of sp³-hybridized carbons (Fsp3) is 0.222. The number of hydrogen-bond donors (Lipinski definition) is 1. The topological polar surface area (TPSA) is 58.6 Å². The Hall–Kier alpha value is -2.09. The maximum atomic E-state index is 12.0. The van der Waals surface area contributed by atoms with E-state index in [1.807, 2.05) is 42.5 Å². The third-order valence-corrected chi connectivity index (χ3v) is 4.07. The van der Waals surface area contributed by atoms with Gasteiger partial charge >= 0.3 is 0 Å².